The lowest BCUT2D eigenvalue weighted by Crippen LogP contribution is -2.37. The molecule has 0 bridgehead atoms. The highest BCUT2D eigenvalue weighted by Crippen LogP contribution is 2.43. The summed E-state index contributed by atoms with van der Waals surface area (Å²) >= 11 is 1.41. The average molecular weight is 612 g/mol. The summed E-state index contributed by atoms with van der Waals surface area (Å²) in [6.45, 7) is 4.95. The smallest absolute Gasteiger partial charge is 0.408 e. The van der Waals surface area contributed by atoms with Crippen molar-refractivity contribution in [3.8, 4) is 11.8 Å². The first-order valence-electron chi connectivity index (χ1n) is 12.1. The number of ether oxygens (including phenoxy) is 2. The molecule has 39 heavy (non-hydrogen) atoms. The highest BCUT2D eigenvalue weighted by atomic mass is 33.1. The highest BCUT2D eigenvalue weighted by Gasteiger charge is 2.30. The van der Waals surface area contributed by atoms with Crippen molar-refractivity contribution < 1.29 is 23.0 Å². The quantitative estimate of drug-likeness (QED) is 0.133. The maximum absolute atomic E-state index is 13.1. The van der Waals surface area contributed by atoms with E-state index in [1.807, 2.05) is 16.4 Å². The summed E-state index contributed by atoms with van der Waals surface area (Å²) in [6.07, 6.45) is 2.76. The topological polar surface area (TPSA) is 80.8 Å². The number of halogens is 2. The molecule has 2 heterocycles. The van der Waals surface area contributed by atoms with Gasteiger partial charge in [0.25, 0.3) is 5.91 Å². The molecule has 1 N–H and O–H groups in total. The van der Waals surface area contributed by atoms with E-state index in [4.69, 9.17) is 10.00 Å². The predicted molar refractivity (Wildman–Crippen MR) is 157 cm³/mol. The molecule has 1 fully saturated rings. The Bertz CT molecular complexity index is 1170. The van der Waals surface area contributed by atoms with Gasteiger partial charge in [-0.3, -0.25) is 18.7 Å². The summed E-state index contributed by atoms with van der Waals surface area (Å²) in [7, 11) is 4.16. The van der Waals surface area contributed by atoms with Crippen molar-refractivity contribution in [3.05, 3.63) is 71.6 Å². The van der Waals surface area contributed by atoms with Crippen LogP contribution in [0.1, 0.15) is 17.5 Å². The van der Waals surface area contributed by atoms with Crippen LogP contribution in [0.3, 0.4) is 0 Å². The van der Waals surface area contributed by atoms with Gasteiger partial charge in [0.05, 0.1) is 31.4 Å². The summed E-state index contributed by atoms with van der Waals surface area (Å²) in [5, 5.41) is 9.13. The third-order valence-electron chi connectivity index (χ3n) is 5.62. The van der Waals surface area contributed by atoms with Crippen LogP contribution in [0.5, 0.6) is 5.75 Å². The lowest BCUT2D eigenvalue weighted by molar-refractivity contribution is -0.115. The Morgan fingerprint density at radius 2 is 1.90 bits per heavy atom. The average Bonchev–Trinajstić information content (AvgIpc) is 3.71. The van der Waals surface area contributed by atoms with Crippen LogP contribution in [-0.4, -0.2) is 59.6 Å². The summed E-state index contributed by atoms with van der Waals surface area (Å²) in [5.41, 5.74) is 2.86. The SMILES string of the molecule is N#Cc1ccc(N(Cc2ccc(OC(F)(F)P)cc2)SSN2C=C2C(=O)NSCCCN2CCOCC2)cc1. The van der Waals surface area contributed by atoms with Gasteiger partial charge in [0.15, 0.2) is 0 Å². The van der Waals surface area contributed by atoms with Gasteiger partial charge >= 0.3 is 5.85 Å². The Kier molecular flexibility index (Phi) is 11.0. The number of morpholine rings is 1. The second-order valence-corrected chi connectivity index (χ2v) is 12.2. The van der Waals surface area contributed by atoms with Gasteiger partial charge in [0.2, 0.25) is 0 Å². The molecule has 1 unspecified atom stereocenters. The van der Waals surface area contributed by atoms with Gasteiger partial charge < -0.3 is 13.8 Å². The Hall–Kier alpha value is -2.20. The van der Waals surface area contributed by atoms with Gasteiger partial charge in [-0.1, -0.05) is 24.1 Å². The minimum atomic E-state index is -3.33. The van der Waals surface area contributed by atoms with Gasteiger partial charge in [0, 0.05) is 52.7 Å². The number of hydrogen-bond donors (Lipinski definition) is 1. The second-order valence-electron chi connectivity index (χ2n) is 8.58. The van der Waals surface area contributed by atoms with E-state index in [0.29, 0.717) is 17.8 Å². The molecule has 1 saturated heterocycles. The number of nitrogens with zero attached hydrogens (tertiary/aromatic N) is 4. The highest BCUT2D eigenvalue weighted by molar-refractivity contribution is 8.76. The number of nitriles is 1. The molecule has 2 aromatic rings. The number of rotatable bonds is 14. The lowest BCUT2D eigenvalue weighted by Gasteiger charge is -2.26. The molecule has 1 amide bonds. The number of anilines is 1. The first-order valence-corrected chi connectivity index (χ1v) is 15.7. The van der Waals surface area contributed by atoms with Crippen LogP contribution in [-0.2, 0) is 16.1 Å². The molecule has 0 aliphatic carbocycles. The molecular formula is C25H28F2N5O3PS3. The van der Waals surface area contributed by atoms with Crippen molar-refractivity contribution in [2.75, 3.05) is 42.9 Å². The largest absolute Gasteiger partial charge is 0.430 e. The van der Waals surface area contributed by atoms with Crippen LogP contribution in [0.4, 0.5) is 14.5 Å². The fourth-order valence-corrected chi connectivity index (χ4v) is 6.44. The number of benzene rings is 2. The van der Waals surface area contributed by atoms with Crippen molar-refractivity contribution in [1.29, 1.82) is 5.26 Å². The standard InChI is InChI=1S/C25H28F2N5O3PS3/c26-25(27,36)35-22-8-4-20(5-9-22)17-31(21-6-2-19(16-28)3-7-21)38-39-32-18-23(32)24(33)29-37-15-1-10-30-11-13-34-14-12-30/h2-9,18H,1,10-15,17,36H2,(H,29,33). The van der Waals surface area contributed by atoms with Crippen LogP contribution in [0.25, 0.3) is 0 Å². The van der Waals surface area contributed by atoms with Crippen LogP contribution < -0.4 is 13.8 Å². The van der Waals surface area contributed by atoms with Crippen molar-refractivity contribution in [2.45, 2.75) is 18.8 Å². The molecule has 2 aliphatic rings. The van der Waals surface area contributed by atoms with E-state index in [2.05, 4.69) is 20.4 Å². The third-order valence-corrected chi connectivity index (χ3v) is 8.83. The summed E-state index contributed by atoms with van der Waals surface area (Å²) in [6, 6.07) is 15.7. The molecule has 2 aliphatic heterocycles. The monoisotopic (exact) mass is 611 g/mol. The van der Waals surface area contributed by atoms with Gasteiger partial charge in [-0.15, -0.1) is 0 Å². The fourth-order valence-electron chi connectivity index (χ4n) is 3.58. The van der Waals surface area contributed by atoms with E-state index < -0.39 is 5.85 Å². The maximum Gasteiger partial charge on any atom is 0.408 e. The Balaban J connectivity index is 1.24. The molecule has 0 radical (unpaired) electrons. The van der Waals surface area contributed by atoms with Crippen molar-refractivity contribution in [1.82, 2.24) is 13.9 Å². The molecule has 0 aromatic heterocycles. The summed E-state index contributed by atoms with van der Waals surface area (Å²) in [5.74, 6) is -2.57. The van der Waals surface area contributed by atoms with Gasteiger partial charge in [-0.05, 0) is 64.2 Å². The van der Waals surface area contributed by atoms with Gasteiger partial charge in [-0.25, -0.2) is 0 Å². The van der Waals surface area contributed by atoms with E-state index in [-0.39, 0.29) is 11.7 Å². The maximum atomic E-state index is 13.1. The molecule has 4 rings (SSSR count). The summed E-state index contributed by atoms with van der Waals surface area (Å²) < 4.78 is 42.8. The van der Waals surface area contributed by atoms with Crippen molar-refractivity contribution in [2.24, 2.45) is 0 Å². The summed E-state index contributed by atoms with van der Waals surface area (Å²) in [4.78, 5) is 14.9. The van der Waals surface area contributed by atoms with Gasteiger partial charge in [0.1, 0.15) is 11.4 Å². The Morgan fingerprint density at radius 1 is 1.18 bits per heavy atom. The zero-order valence-corrected chi connectivity index (χ0v) is 24.5. The first kappa shape index (κ1) is 29.8. The van der Waals surface area contributed by atoms with Crippen molar-refractivity contribution in [3.63, 3.8) is 0 Å². The molecule has 2 aromatic carbocycles. The Morgan fingerprint density at radius 3 is 2.56 bits per heavy atom. The van der Waals surface area contributed by atoms with E-state index in [1.165, 1.54) is 55.3 Å². The third kappa shape index (κ3) is 10.0. The molecule has 1 atom stereocenters. The molecule has 8 nitrogen and oxygen atoms in total. The number of hydrogen-bond acceptors (Lipinski definition) is 10. The normalized spacial score (nSPS) is 15.3. The molecule has 0 spiro atoms. The Labute approximate surface area is 241 Å². The van der Waals surface area contributed by atoms with Gasteiger partial charge in [-0.2, -0.15) is 14.0 Å². The lowest BCUT2D eigenvalue weighted by atomic mass is 10.2. The number of amides is 1. The molecule has 0 saturated carbocycles. The van der Waals surface area contributed by atoms with E-state index >= 15 is 0 Å². The zero-order chi connectivity index (χ0) is 27.7. The number of carbonyl (C=O) groups is 1. The minimum Gasteiger partial charge on any atom is -0.430 e. The van der Waals surface area contributed by atoms with Crippen molar-refractivity contribution >= 4 is 54.7 Å². The molecular weight excluding hydrogens is 583 g/mol. The van der Waals surface area contributed by atoms with E-state index in [0.717, 1.165) is 56.3 Å². The number of carbonyl (C=O) groups excluding carboxylic acids is 1. The predicted octanol–water partition coefficient (Wildman–Crippen LogP) is 5.22. The van der Waals surface area contributed by atoms with E-state index in [1.54, 1.807) is 34.8 Å². The number of nitrogens with one attached hydrogen (secondary N) is 1. The molecule has 208 valence electrons. The van der Waals surface area contributed by atoms with Crippen LogP contribution in [0, 0.1) is 11.3 Å². The van der Waals surface area contributed by atoms with E-state index in [9.17, 15) is 13.6 Å². The van der Waals surface area contributed by atoms with Crippen LogP contribution in [0.2, 0.25) is 0 Å². The number of alkyl halides is 2. The zero-order valence-electron chi connectivity index (χ0n) is 20.9. The first-order chi connectivity index (χ1) is 18.8. The van der Waals surface area contributed by atoms with Crippen LogP contribution >= 0.6 is 43.1 Å². The van der Waals surface area contributed by atoms with Crippen LogP contribution in [0.15, 0.2) is 60.4 Å². The fraction of sp³-hybridized carbons (Fsp3) is 0.360. The minimum absolute atomic E-state index is 0.0635. The molecule has 14 heteroatoms. The second kappa shape index (κ2) is 14.4.